The number of nitrogens with zero attached hydrogens (tertiary/aromatic N) is 1. The molecular weight excluding hydrogens is 335 g/mol. The number of anilines is 1. The van der Waals surface area contributed by atoms with E-state index in [9.17, 15) is 13.2 Å². The zero-order chi connectivity index (χ0) is 14.4. The molecule has 1 aromatic carbocycles. The van der Waals surface area contributed by atoms with Gasteiger partial charge in [-0.15, -0.1) is 0 Å². The van der Waals surface area contributed by atoms with E-state index in [1.54, 1.807) is 0 Å². The Morgan fingerprint density at radius 1 is 1.15 bits per heavy atom. The molecule has 0 aromatic heterocycles. The van der Waals surface area contributed by atoms with Gasteiger partial charge in [-0.3, -0.25) is 0 Å². The van der Waals surface area contributed by atoms with Crippen LogP contribution in [0.3, 0.4) is 0 Å². The van der Waals surface area contributed by atoms with Crippen LogP contribution in [-0.4, -0.2) is 26.3 Å². The van der Waals surface area contributed by atoms with Gasteiger partial charge in [0.05, 0.1) is 11.3 Å². The van der Waals surface area contributed by atoms with Crippen molar-refractivity contribution >= 4 is 21.6 Å². The molecule has 2 saturated heterocycles. The Morgan fingerprint density at radius 3 is 2.40 bits per heavy atom. The van der Waals surface area contributed by atoms with Crippen molar-refractivity contribution < 1.29 is 17.9 Å². The lowest BCUT2D eigenvalue weighted by Crippen LogP contribution is -2.58. The number of ether oxygens (including phenoxy) is 1. The molecule has 2 nitrogen and oxygen atoms in total. The maximum absolute atomic E-state index is 12.8. The van der Waals surface area contributed by atoms with Gasteiger partial charge in [0.25, 0.3) is 0 Å². The molecule has 2 fully saturated rings. The first kappa shape index (κ1) is 14.2. The molecule has 20 heavy (non-hydrogen) atoms. The molecule has 0 N–H and O–H groups in total. The molecule has 0 radical (unpaired) electrons. The predicted octanol–water partition coefficient (Wildman–Crippen LogP) is 4.08. The molecule has 0 amide bonds. The van der Waals surface area contributed by atoms with E-state index in [2.05, 4.69) is 15.9 Å². The third-order valence-corrected chi connectivity index (χ3v) is 4.89. The maximum Gasteiger partial charge on any atom is 0.416 e. The van der Waals surface area contributed by atoms with E-state index in [-0.39, 0.29) is 5.41 Å². The summed E-state index contributed by atoms with van der Waals surface area (Å²) in [5.74, 6) is 0. The highest BCUT2D eigenvalue weighted by Gasteiger charge is 2.44. The average molecular weight is 350 g/mol. The quantitative estimate of drug-likeness (QED) is 0.757. The van der Waals surface area contributed by atoms with Crippen LogP contribution in [0.15, 0.2) is 22.7 Å². The van der Waals surface area contributed by atoms with Crippen LogP contribution in [0, 0.1) is 5.41 Å². The van der Waals surface area contributed by atoms with Crippen LogP contribution in [0.25, 0.3) is 0 Å². The second-order valence-electron chi connectivity index (χ2n) is 5.63. The van der Waals surface area contributed by atoms with E-state index in [1.807, 2.05) is 4.90 Å². The number of alkyl halides is 3. The minimum Gasteiger partial charge on any atom is -0.381 e. The Labute approximate surface area is 124 Å². The summed E-state index contributed by atoms with van der Waals surface area (Å²) >= 11 is 3.35. The van der Waals surface area contributed by atoms with E-state index >= 15 is 0 Å². The first-order valence-corrected chi connectivity index (χ1v) is 7.38. The largest absolute Gasteiger partial charge is 0.416 e. The highest BCUT2D eigenvalue weighted by molar-refractivity contribution is 9.10. The van der Waals surface area contributed by atoms with Gasteiger partial charge in [-0.2, -0.15) is 13.2 Å². The van der Waals surface area contributed by atoms with E-state index < -0.39 is 11.7 Å². The summed E-state index contributed by atoms with van der Waals surface area (Å²) < 4.78 is 44.4. The zero-order valence-corrected chi connectivity index (χ0v) is 12.4. The van der Waals surface area contributed by atoms with Crippen molar-refractivity contribution in [2.75, 3.05) is 31.2 Å². The van der Waals surface area contributed by atoms with Crippen LogP contribution < -0.4 is 4.90 Å². The molecule has 6 heteroatoms. The van der Waals surface area contributed by atoms with Crippen LogP contribution in [0.2, 0.25) is 0 Å². The first-order valence-electron chi connectivity index (χ1n) is 6.59. The summed E-state index contributed by atoms with van der Waals surface area (Å²) in [6.07, 6.45) is -2.29. The van der Waals surface area contributed by atoms with Crippen molar-refractivity contribution in [3.8, 4) is 0 Å². The maximum atomic E-state index is 12.8. The molecule has 2 aliphatic rings. The van der Waals surface area contributed by atoms with Crippen LogP contribution in [0.1, 0.15) is 18.4 Å². The van der Waals surface area contributed by atoms with Gasteiger partial charge >= 0.3 is 6.18 Å². The molecule has 110 valence electrons. The molecule has 1 spiro atoms. The first-order chi connectivity index (χ1) is 9.40. The zero-order valence-electron chi connectivity index (χ0n) is 10.8. The van der Waals surface area contributed by atoms with E-state index in [1.165, 1.54) is 12.1 Å². The van der Waals surface area contributed by atoms with Gasteiger partial charge in [-0.05, 0) is 47.0 Å². The van der Waals surface area contributed by atoms with Crippen molar-refractivity contribution in [1.82, 2.24) is 0 Å². The van der Waals surface area contributed by atoms with Gasteiger partial charge in [0.2, 0.25) is 0 Å². The van der Waals surface area contributed by atoms with Crippen molar-refractivity contribution in [3.05, 3.63) is 28.2 Å². The fourth-order valence-electron chi connectivity index (χ4n) is 2.99. The number of halogens is 4. The van der Waals surface area contributed by atoms with Crippen molar-refractivity contribution in [2.45, 2.75) is 19.0 Å². The van der Waals surface area contributed by atoms with Gasteiger partial charge in [-0.1, -0.05) is 0 Å². The highest BCUT2D eigenvalue weighted by Crippen LogP contribution is 2.45. The second kappa shape index (κ2) is 4.91. The third kappa shape index (κ3) is 2.55. The minimum absolute atomic E-state index is 0.242. The number of rotatable bonds is 1. The Balaban J connectivity index is 1.78. The van der Waals surface area contributed by atoms with E-state index in [0.717, 1.165) is 45.2 Å². The summed E-state index contributed by atoms with van der Waals surface area (Å²) in [5.41, 5.74) is 0.284. The Bertz CT molecular complexity index is 504. The van der Waals surface area contributed by atoms with Crippen LogP contribution in [0.4, 0.5) is 18.9 Å². The summed E-state index contributed by atoms with van der Waals surface area (Å²) in [6, 6.07) is 3.82. The molecule has 0 aliphatic carbocycles. The molecule has 0 unspecified atom stereocenters. The monoisotopic (exact) mass is 349 g/mol. The topological polar surface area (TPSA) is 12.5 Å². The summed E-state index contributed by atoms with van der Waals surface area (Å²) in [4.78, 5) is 2.02. The summed E-state index contributed by atoms with van der Waals surface area (Å²) in [7, 11) is 0. The van der Waals surface area contributed by atoms with Gasteiger partial charge < -0.3 is 9.64 Å². The number of hydrogen-bond acceptors (Lipinski definition) is 2. The second-order valence-corrected chi connectivity index (χ2v) is 6.49. The van der Waals surface area contributed by atoms with Crippen LogP contribution in [-0.2, 0) is 10.9 Å². The van der Waals surface area contributed by atoms with Crippen LogP contribution in [0.5, 0.6) is 0 Å². The van der Waals surface area contributed by atoms with E-state index in [4.69, 9.17) is 4.74 Å². The molecule has 3 rings (SSSR count). The Morgan fingerprint density at radius 2 is 1.80 bits per heavy atom. The SMILES string of the molecule is FC(F)(F)c1ccc(Br)c(N2CC3(CCOCC3)C2)c1. The molecule has 0 saturated carbocycles. The molecule has 0 bridgehead atoms. The third-order valence-electron chi connectivity index (χ3n) is 4.22. The smallest absolute Gasteiger partial charge is 0.381 e. The number of hydrogen-bond donors (Lipinski definition) is 0. The van der Waals surface area contributed by atoms with Crippen molar-refractivity contribution in [1.29, 1.82) is 0 Å². The van der Waals surface area contributed by atoms with Gasteiger partial charge in [0, 0.05) is 36.2 Å². The molecular formula is C14H15BrF3NO. The lowest BCUT2D eigenvalue weighted by molar-refractivity contribution is -0.137. The standard InChI is InChI=1S/C14H15BrF3NO/c15-11-2-1-10(14(16,17)18)7-12(11)19-8-13(9-19)3-5-20-6-4-13/h1-2,7H,3-6,8-9H2. The summed E-state index contributed by atoms with van der Waals surface area (Å²) in [6.45, 7) is 3.15. The molecule has 1 aromatic rings. The van der Waals surface area contributed by atoms with Gasteiger partial charge in [0.1, 0.15) is 0 Å². The fourth-order valence-corrected chi connectivity index (χ4v) is 3.48. The Kier molecular flexibility index (Phi) is 3.49. The molecule has 2 aliphatic heterocycles. The molecule has 2 heterocycles. The normalized spacial score (nSPS) is 21.9. The lowest BCUT2D eigenvalue weighted by atomic mass is 9.73. The van der Waals surface area contributed by atoms with Gasteiger partial charge in [-0.25, -0.2) is 0 Å². The minimum atomic E-state index is -4.29. The fraction of sp³-hybridized carbons (Fsp3) is 0.571. The lowest BCUT2D eigenvalue weighted by Gasteiger charge is -2.53. The Hall–Kier alpha value is -0.750. The van der Waals surface area contributed by atoms with Crippen LogP contribution >= 0.6 is 15.9 Å². The summed E-state index contributed by atoms with van der Waals surface area (Å²) in [5, 5.41) is 0. The molecule has 0 atom stereocenters. The number of benzene rings is 1. The average Bonchev–Trinajstić information content (AvgIpc) is 2.36. The van der Waals surface area contributed by atoms with Gasteiger partial charge in [0.15, 0.2) is 0 Å². The van der Waals surface area contributed by atoms with E-state index in [0.29, 0.717) is 10.2 Å². The van der Waals surface area contributed by atoms with Crippen molar-refractivity contribution in [3.63, 3.8) is 0 Å². The highest BCUT2D eigenvalue weighted by atomic mass is 79.9. The predicted molar refractivity (Wildman–Crippen MR) is 73.8 cm³/mol. The van der Waals surface area contributed by atoms with Crippen molar-refractivity contribution in [2.24, 2.45) is 5.41 Å².